The minimum absolute atomic E-state index is 0.0773. The first-order chi connectivity index (χ1) is 15.9. The van der Waals surface area contributed by atoms with Crippen molar-refractivity contribution in [2.45, 2.75) is 18.7 Å². The molecule has 9 heteroatoms. The van der Waals surface area contributed by atoms with Crippen molar-refractivity contribution >= 4 is 52.1 Å². The number of hydrogen-bond acceptors (Lipinski definition) is 5. The van der Waals surface area contributed by atoms with Crippen LogP contribution in [0.2, 0.25) is 0 Å². The summed E-state index contributed by atoms with van der Waals surface area (Å²) in [6.07, 6.45) is 0. The minimum atomic E-state index is -1.19. The van der Waals surface area contributed by atoms with Crippen LogP contribution in [-0.4, -0.2) is 67.9 Å². The number of methoxy groups -OCH3 is 1. The van der Waals surface area contributed by atoms with E-state index in [-0.39, 0.29) is 5.91 Å². The maximum absolute atomic E-state index is 13.3. The van der Waals surface area contributed by atoms with E-state index < -0.39 is 10.7 Å². The number of piperazine rings is 1. The molecule has 0 spiro atoms. The highest BCUT2D eigenvalue weighted by molar-refractivity contribution is 6.54. The summed E-state index contributed by atoms with van der Waals surface area (Å²) in [6.45, 7) is 8.16. The summed E-state index contributed by atoms with van der Waals surface area (Å²) in [5.41, 5.74) is 2.94. The molecule has 0 unspecified atom stereocenters. The quantitative estimate of drug-likeness (QED) is 0.558. The molecule has 1 N–H and O–H groups in total. The van der Waals surface area contributed by atoms with Gasteiger partial charge < -0.3 is 24.8 Å². The fraction of sp³-hybridized carbons (Fsp3) is 0.417. The number of para-hydroxylation sites is 2. The van der Waals surface area contributed by atoms with Crippen LogP contribution in [0, 0.1) is 0 Å². The standard InChI is InChI=1S/C24H30Cl2N4O3/c1-4-28(5-2)24(32)18-16-17(27-23(31)22(25)26)10-11-19(18)29-12-14-30(15-13-29)20-8-6-7-9-21(20)33-3/h6-11,16,22H,4-5,12-15H2,1-3H3,(H,27,31). The molecule has 7 nitrogen and oxygen atoms in total. The van der Waals surface area contributed by atoms with Crippen LogP contribution in [-0.2, 0) is 4.79 Å². The van der Waals surface area contributed by atoms with E-state index in [4.69, 9.17) is 27.9 Å². The highest BCUT2D eigenvalue weighted by Gasteiger charge is 2.25. The molecule has 1 heterocycles. The molecule has 0 aromatic heterocycles. The van der Waals surface area contributed by atoms with E-state index in [2.05, 4.69) is 21.2 Å². The molecular formula is C24H30Cl2N4O3. The zero-order valence-corrected chi connectivity index (χ0v) is 20.7. The zero-order chi connectivity index (χ0) is 24.0. The molecule has 1 aliphatic rings. The van der Waals surface area contributed by atoms with Crippen molar-refractivity contribution in [2.75, 3.05) is 61.5 Å². The number of carbonyl (C=O) groups excluding carboxylic acids is 2. The molecule has 1 aliphatic heterocycles. The highest BCUT2D eigenvalue weighted by atomic mass is 35.5. The van der Waals surface area contributed by atoms with E-state index in [1.807, 2.05) is 38.1 Å². The first-order valence-electron chi connectivity index (χ1n) is 11.0. The summed E-state index contributed by atoms with van der Waals surface area (Å²) in [7, 11) is 1.68. The summed E-state index contributed by atoms with van der Waals surface area (Å²) in [5, 5.41) is 2.67. The predicted molar refractivity (Wildman–Crippen MR) is 135 cm³/mol. The third-order valence-corrected chi connectivity index (χ3v) is 6.19. The molecule has 0 aliphatic carbocycles. The van der Waals surface area contributed by atoms with Crippen LogP contribution in [0.5, 0.6) is 5.75 Å². The van der Waals surface area contributed by atoms with Crippen molar-refractivity contribution in [1.29, 1.82) is 0 Å². The lowest BCUT2D eigenvalue weighted by molar-refractivity contribution is -0.114. The van der Waals surface area contributed by atoms with Gasteiger partial charge in [-0.2, -0.15) is 0 Å². The van der Waals surface area contributed by atoms with Crippen molar-refractivity contribution in [3.05, 3.63) is 48.0 Å². The number of halogens is 2. The van der Waals surface area contributed by atoms with Gasteiger partial charge in [0.05, 0.1) is 18.4 Å². The van der Waals surface area contributed by atoms with Gasteiger partial charge in [-0.1, -0.05) is 35.3 Å². The Balaban J connectivity index is 1.85. The zero-order valence-electron chi connectivity index (χ0n) is 19.2. The smallest absolute Gasteiger partial charge is 0.257 e. The molecule has 3 rings (SSSR count). The summed E-state index contributed by atoms with van der Waals surface area (Å²) in [4.78, 5) is 30.3. The molecular weight excluding hydrogens is 463 g/mol. The van der Waals surface area contributed by atoms with Crippen LogP contribution < -0.4 is 19.9 Å². The Morgan fingerprint density at radius 1 is 1.00 bits per heavy atom. The number of ether oxygens (including phenoxy) is 1. The highest BCUT2D eigenvalue weighted by Crippen LogP contribution is 2.31. The van der Waals surface area contributed by atoms with Gasteiger partial charge in [0, 0.05) is 50.6 Å². The van der Waals surface area contributed by atoms with Crippen LogP contribution >= 0.6 is 23.2 Å². The van der Waals surface area contributed by atoms with E-state index in [9.17, 15) is 9.59 Å². The van der Waals surface area contributed by atoms with Gasteiger partial charge in [-0.3, -0.25) is 9.59 Å². The summed E-state index contributed by atoms with van der Waals surface area (Å²) in [5.74, 6) is 0.240. The van der Waals surface area contributed by atoms with E-state index in [1.165, 1.54) is 0 Å². The molecule has 2 aromatic rings. The normalized spacial score (nSPS) is 13.8. The number of alkyl halides is 2. The van der Waals surface area contributed by atoms with Gasteiger partial charge in [0.2, 0.25) is 0 Å². The molecule has 1 fully saturated rings. The second-order valence-corrected chi connectivity index (χ2v) is 8.74. The molecule has 2 aromatic carbocycles. The Hall–Kier alpha value is -2.64. The molecule has 2 amide bonds. The molecule has 1 saturated heterocycles. The molecule has 33 heavy (non-hydrogen) atoms. The van der Waals surface area contributed by atoms with Crippen LogP contribution in [0.1, 0.15) is 24.2 Å². The van der Waals surface area contributed by atoms with Crippen molar-refractivity contribution < 1.29 is 14.3 Å². The second-order valence-electron chi connectivity index (χ2n) is 7.65. The Bertz CT molecular complexity index is 974. The van der Waals surface area contributed by atoms with E-state index in [0.717, 1.165) is 43.3 Å². The van der Waals surface area contributed by atoms with Crippen molar-refractivity contribution in [3.63, 3.8) is 0 Å². The first kappa shape index (κ1) is 25.0. The monoisotopic (exact) mass is 492 g/mol. The lowest BCUT2D eigenvalue weighted by Crippen LogP contribution is -2.47. The SMILES string of the molecule is CCN(CC)C(=O)c1cc(NC(=O)C(Cl)Cl)ccc1N1CCN(c2ccccc2OC)CC1. The largest absolute Gasteiger partial charge is 0.495 e. The number of benzene rings is 2. The van der Waals surface area contributed by atoms with Gasteiger partial charge in [0.25, 0.3) is 11.8 Å². The van der Waals surface area contributed by atoms with Gasteiger partial charge in [-0.25, -0.2) is 0 Å². The molecule has 178 valence electrons. The Morgan fingerprint density at radius 2 is 1.61 bits per heavy atom. The number of carbonyl (C=O) groups is 2. The second kappa shape index (κ2) is 11.5. The predicted octanol–water partition coefficient (Wildman–Crippen LogP) is 4.25. The molecule has 0 radical (unpaired) electrons. The third-order valence-electron chi connectivity index (χ3n) is 5.79. The van der Waals surface area contributed by atoms with E-state index in [0.29, 0.717) is 24.3 Å². The van der Waals surface area contributed by atoms with Gasteiger partial charge >= 0.3 is 0 Å². The van der Waals surface area contributed by atoms with Gasteiger partial charge in [-0.15, -0.1) is 0 Å². The van der Waals surface area contributed by atoms with E-state index >= 15 is 0 Å². The Kier molecular flexibility index (Phi) is 8.69. The number of anilines is 3. The number of amides is 2. The van der Waals surface area contributed by atoms with Gasteiger partial charge in [0.1, 0.15) is 5.75 Å². The number of nitrogens with one attached hydrogen (secondary N) is 1. The van der Waals surface area contributed by atoms with Crippen LogP contribution in [0.3, 0.4) is 0 Å². The molecule has 0 atom stereocenters. The van der Waals surface area contributed by atoms with Crippen molar-refractivity contribution in [3.8, 4) is 5.75 Å². The van der Waals surface area contributed by atoms with Crippen LogP contribution in [0.15, 0.2) is 42.5 Å². The fourth-order valence-electron chi connectivity index (χ4n) is 4.02. The fourth-order valence-corrected chi connectivity index (χ4v) is 4.13. The average Bonchev–Trinajstić information content (AvgIpc) is 2.84. The topological polar surface area (TPSA) is 65.1 Å². The van der Waals surface area contributed by atoms with Crippen LogP contribution in [0.25, 0.3) is 0 Å². The molecule has 0 bridgehead atoms. The summed E-state index contributed by atoms with van der Waals surface area (Å²) < 4.78 is 5.51. The van der Waals surface area contributed by atoms with Crippen molar-refractivity contribution in [1.82, 2.24) is 4.90 Å². The minimum Gasteiger partial charge on any atom is -0.495 e. The lowest BCUT2D eigenvalue weighted by atomic mass is 10.1. The summed E-state index contributed by atoms with van der Waals surface area (Å²) in [6, 6.07) is 13.3. The number of hydrogen-bond donors (Lipinski definition) is 1. The Morgan fingerprint density at radius 3 is 2.18 bits per heavy atom. The first-order valence-corrected chi connectivity index (χ1v) is 11.9. The number of rotatable bonds is 8. The average molecular weight is 493 g/mol. The number of nitrogens with zero attached hydrogens (tertiary/aromatic N) is 3. The summed E-state index contributed by atoms with van der Waals surface area (Å²) >= 11 is 11.3. The third kappa shape index (κ3) is 5.84. The maximum Gasteiger partial charge on any atom is 0.257 e. The Labute approximate surface area is 205 Å². The maximum atomic E-state index is 13.3. The molecule has 0 saturated carbocycles. The van der Waals surface area contributed by atoms with Crippen LogP contribution in [0.4, 0.5) is 17.1 Å². The van der Waals surface area contributed by atoms with Crippen molar-refractivity contribution in [2.24, 2.45) is 0 Å². The lowest BCUT2D eigenvalue weighted by Gasteiger charge is -2.38. The van der Waals surface area contributed by atoms with Gasteiger partial charge in [0.15, 0.2) is 4.84 Å². The van der Waals surface area contributed by atoms with Gasteiger partial charge in [-0.05, 0) is 44.2 Å². The van der Waals surface area contributed by atoms with E-state index in [1.54, 1.807) is 24.1 Å².